The largest absolute Gasteiger partial charge is 0.494 e. The van der Waals surface area contributed by atoms with E-state index in [-0.39, 0.29) is 24.0 Å². The lowest BCUT2D eigenvalue weighted by molar-refractivity contribution is -0.148. The summed E-state index contributed by atoms with van der Waals surface area (Å²) < 4.78 is 32.9. The molecule has 1 fully saturated rings. The second-order valence-electron chi connectivity index (χ2n) is 5.59. The van der Waals surface area contributed by atoms with Crippen molar-refractivity contribution in [3.63, 3.8) is 0 Å². The van der Waals surface area contributed by atoms with Crippen LogP contribution in [0.1, 0.15) is 19.3 Å². The number of nitrogens with one attached hydrogen (secondary N) is 1. The van der Waals surface area contributed by atoms with Gasteiger partial charge in [0.25, 0.3) is 5.91 Å². The molecule has 2 rings (SSSR count). The maximum absolute atomic E-state index is 11.6. The fourth-order valence-electron chi connectivity index (χ4n) is 2.32. The first-order valence-electron chi connectivity index (χ1n) is 7.78. The Morgan fingerprint density at radius 2 is 1.96 bits per heavy atom. The molecular formula is C16H21NO6S. The van der Waals surface area contributed by atoms with Gasteiger partial charge in [-0.05, 0) is 25.0 Å². The molecule has 0 bridgehead atoms. The van der Waals surface area contributed by atoms with Gasteiger partial charge in [0.05, 0.1) is 18.1 Å². The third-order valence-electron chi connectivity index (χ3n) is 3.50. The van der Waals surface area contributed by atoms with Crippen LogP contribution in [0.15, 0.2) is 30.3 Å². The van der Waals surface area contributed by atoms with Gasteiger partial charge >= 0.3 is 5.97 Å². The summed E-state index contributed by atoms with van der Waals surface area (Å²) in [5.74, 6) is -0.202. The van der Waals surface area contributed by atoms with Crippen molar-refractivity contribution in [3.05, 3.63) is 30.3 Å². The third-order valence-corrected chi connectivity index (χ3v) is 5.27. The van der Waals surface area contributed by atoms with E-state index in [1.807, 2.05) is 30.3 Å². The number of carbonyl (C=O) groups is 2. The lowest BCUT2D eigenvalue weighted by atomic mass is 10.2. The number of sulfone groups is 1. The van der Waals surface area contributed by atoms with Gasteiger partial charge in [-0.3, -0.25) is 9.59 Å². The molecule has 0 radical (unpaired) electrons. The van der Waals surface area contributed by atoms with Gasteiger partial charge in [-0.1, -0.05) is 18.2 Å². The standard InChI is InChI=1S/C16H21NO6S/c18-15(17-13-8-10-24(20,21)12-13)11-23-16(19)7-4-9-22-14-5-2-1-3-6-14/h1-3,5-6,13H,4,7-12H2,(H,17,18). The van der Waals surface area contributed by atoms with E-state index in [0.717, 1.165) is 5.75 Å². The van der Waals surface area contributed by atoms with Crippen LogP contribution < -0.4 is 10.1 Å². The summed E-state index contributed by atoms with van der Waals surface area (Å²) in [6.07, 6.45) is 1.03. The normalized spacial score (nSPS) is 18.8. The Kier molecular flexibility index (Phi) is 6.60. The highest BCUT2D eigenvalue weighted by Crippen LogP contribution is 2.11. The summed E-state index contributed by atoms with van der Waals surface area (Å²) >= 11 is 0. The zero-order valence-electron chi connectivity index (χ0n) is 13.3. The van der Waals surface area contributed by atoms with E-state index in [4.69, 9.17) is 9.47 Å². The van der Waals surface area contributed by atoms with Gasteiger partial charge < -0.3 is 14.8 Å². The van der Waals surface area contributed by atoms with E-state index in [1.165, 1.54) is 0 Å². The first-order chi connectivity index (χ1) is 11.4. The molecule has 1 atom stereocenters. The number of benzene rings is 1. The van der Waals surface area contributed by atoms with E-state index in [1.54, 1.807) is 0 Å². The summed E-state index contributed by atoms with van der Waals surface area (Å²) in [7, 11) is -3.05. The second-order valence-corrected chi connectivity index (χ2v) is 7.82. The Balaban J connectivity index is 1.55. The average Bonchev–Trinajstić information content (AvgIpc) is 2.89. The number of ether oxygens (including phenoxy) is 2. The highest BCUT2D eigenvalue weighted by atomic mass is 32.2. The van der Waals surface area contributed by atoms with Crippen LogP contribution in [0.4, 0.5) is 0 Å². The third kappa shape index (κ3) is 6.57. The number of hydrogen-bond acceptors (Lipinski definition) is 6. The van der Waals surface area contributed by atoms with Crippen LogP contribution in [0.5, 0.6) is 5.75 Å². The molecule has 1 amide bonds. The predicted molar refractivity (Wildman–Crippen MR) is 87.3 cm³/mol. The zero-order chi connectivity index (χ0) is 17.4. The van der Waals surface area contributed by atoms with Crippen LogP contribution in [0.3, 0.4) is 0 Å². The van der Waals surface area contributed by atoms with Crippen molar-refractivity contribution in [2.45, 2.75) is 25.3 Å². The van der Waals surface area contributed by atoms with Crippen LogP contribution in [0.2, 0.25) is 0 Å². The molecule has 0 saturated carbocycles. The molecule has 1 N–H and O–H groups in total. The number of para-hydroxylation sites is 1. The molecule has 132 valence electrons. The van der Waals surface area contributed by atoms with Crippen molar-refractivity contribution < 1.29 is 27.5 Å². The Labute approximate surface area is 141 Å². The molecular weight excluding hydrogens is 334 g/mol. The Bertz CT molecular complexity index is 658. The van der Waals surface area contributed by atoms with Crippen molar-refractivity contribution in [2.24, 2.45) is 0 Å². The molecule has 7 nitrogen and oxygen atoms in total. The molecule has 1 heterocycles. The zero-order valence-corrected chi connectivity index (χ0v) is 14.1. The van der Waals surface area contributed by atoms with Gasteiger partial charge in [0.15, 0.2) is 16.4 Å². The number of carbonyl (C=O) groups excluding carboxylic acids is 2. The van der Waals surface area contributed by atoms with E-state index in [0.29, 0.717) is 19.4 Å². The lowest BCUT2D eigenvalue weighted by Gasteiger charge is -2.11. The van der Waals surface area contributed by atoms with Crippen LogP contribution in [-0.2, 0) is 24.2 Å². The van der Waals surface area contributed by atoms with Crippen molar-refractivity contribution in [1.29, 1.82) is 0 Å². The van der Waals surface area contributed by atoms with Crippen LogP contribution in [0, 0.1) is 0 Å². The molecule has 8 heteroatoms. The van der Waals surface area contributed by atoms with E-state index in [9.17, 15) is 18.0 Å². The summed E-state index contributed by atoms with van der Waals surface area (Å²) in [4.78, 5) is 23.2. The van der Waals surface area contributed by atoms with Crippen molar-refractivity contribution in [3.8, 4) is 5.75 Å². The van der Waals surface area contributed by atoms with E-state index in [2.05, 4.69) is 5.32 Å². The van der Waals surface area contributed by atoms with Gasteiger partial charge in [0.1, 0.15) is 5.75 Å². The molecule has 0 aliphatic carbocycles. The number of amides is 1. The minimum absolute atomic E-state index is 0.0521. The molecule has 0 spiro atoms. The summed E-state index contributed by atoms with van der Waals surface area (Å²) in [5.41, 5.74) is 0. The van der Waals surface area contributed by atoms with E-state index < -0.39 is 28.3 Å². The molecule has 1 unspecified atom stereocenters. The maximum Gasteiger partial charge on any atom is 0.306 e. The smallest absolute Gasteiger partial charge is 0.306 e. The van der Waals surface area contributed by atoms with Crippen molar-refractivity contribution >= 4 is 21.7 Å². The molecule has 24 heavy (non-hydrogen) atoms. The highest BCUT2D eigenvalue weighted by Gasteiger charge is 2.28. The number of rotatable bonds is 8. The van der Waals surface area contributed by atoms with Crippen molar-refractivity contribution in [1.82, 2.24) is 5.32 Å². The second kappa shape index (κ2) is 8.68. The summed E-state index contributed by atoms with van der Waals surface area (Å²) in [5, 5.41) is 2.56. The Morgan fingerprint density at radius 1 is 1.21 bits per heavy atom. The topological polar surface area (TPSA) is 98.8 Å². The monoisotopic (exact) mass is 355 g/mol. The van der Waals surface area contributed by atoms with Crippen molar-refractivity contribution in [2.75, 3.05) is 24.7 Å². The number of hydrogen-bond donors (Lipinski definition) is 1. The summed E-state index contributed by atoms with van der Waals surface area (Å²) in [6.45, 7) is -0.0137. The van der Waals surface area contributed by atoms with Gasteiger partial charge in [-0.15, -0.1) is 0 Å². The predicted octanol–water partition coefficient (Wildman–Crippen LogP) is 0.692. The highest BCUT2D eigenvalue weighted by molar-refractivity contribution is 7.91. The maximum atomic E-state index is 11.6. The molecule has 1 saturated heterocycles. The van der Waals surface area contributed by atoms with Gasteiger partial charge in [0, 0.05) is 12.5 Å². The van der Waals surface area contributed by atoms with E-state index >= 15 is 0 Å². The molecule has 1 aliphatic rings. The Morgan fingerprint density at radius 3 is 2.62 bits per heavy atom. The van der Waals surface area contributed by atoms with Crippen LogP contribution in [-0.4, -0.2) is 51.1 Å². The fourth-order valence-corrected chi connectivity index (χ4v) is 3.99. The fraction of sp³-hybridized carbons (Fsp3) is 0.500. The molecule has 1 aliphatic heterocycles. The van der Waals surface area contributed by atoms with Gasteiger partial charge in [-0.2, -0.15) is 0 Å². The number of esters is 1. The lowest BCUT2D eigenvalue weighted by Crippen LogP contribution is -2.38. The SMILES string of the molecule is O=C(COC(=O)CCCOc1ccccc1)NC1CCS(=O)(=O)C1. The quantitative estimate of drug-likeness (QED) is 0.544. The average molecular weight is 355 g/mol. The van der Waals surface area contributed by atoms with Crippen LogP contribution >= 0.6 is 0 Å². The van der Waals surface area contributed by atoms with Crippen LogP contribution in [0.25, 0.3) is 0 Å². The minimum Gasteiger partial charge on any atom is -0.494 e. The first kappa shape index (κ1) is 18.3. The van der Waals surface area contributed by atoms with Gasteiger partial charge in [0.2, 0.25) is 0 Å². The molecule has 1 aromatic carbocycles. The van der Waals surface area contributed by atoms with Gasteiger partial charge in [-0.25, -0.2) is 8.42 Å². The molecule has 0 aromatic heterocycles. The molecule has 1 aromatic rings. The minimum atomic E-state index is -3.05. The first-order valence-corrected chi connectivity index (χ1v) is 9.60. The Hall–Kier alpha value is -2.09. The summed E-state index contributed by atoms with van der Waals surface area (Å²) in [6, 6.07) is 8.87.